The first-order valence-corrected chi connectivity index (χ1v) is 6.44. The number of hydrogen-bond acceptors (Lipinski definition) is 5. The Morgan fingerprint density at radius 2 is 2.32 bits per heavy atom. The molecule has 0 amide bonds. The Labute approximate surface area is 115 Å². The van der Waals surface area contributed by atoms with Gasteiger partial charge in [0.2, 0.25) is 0 Å². The molecule has 0 aliphatic carbocycles. The minimum Gasteiger partial charge on any atom is -0.497 e. The minimum absolute atomic E-state index is 0.0754. The average molecular weight is 275 g/mol. The number of hydrogen-bond donors (Lipinski definition) is 0. The zero-order valence-electron chi connectivity index (χ0n) is 10.6. The van der Waals surface area contributed by atoms with Gasteiger partial charge in [-0.1, -0.05) is 23.9 Å². The van der Waals surface area contributed by atoms with Crippen LogP contribution in [-0.4, -0.2) is 27.7 Å². The maximum atomic E-state index is 11.9. The van der Waals surface area contributed by atoms with E-state index in [2.05, 4.69) is 10.2 Å². The molecule has 0 aliphatic rings. The highest BCUT2D eigenvalue weighted by molar-refractivity contribution is 8.02. The number of ether oxygens (including phenoxy) is 1. The summed E-state index contributed by atoms with van der Waals surface area (Å²) in [4.78, 5) is 11.9. The molecule has 0 fully saturated rings. The number of methoxy groups -OCH3 is 1. The third-order valence-corrected chi connectivity index (χ3v) is 3.27. The van der Waals surface area contributed by atoms with Crippen molar-refractivity contribution in [3.63, 3.8) is 0 Å². The summed E-state index contributed by atoms with van der Waals surface area (Å²) in [5.41, 5.74) is 0.592. The molecule has 0 unspecified atom stereocenters. The lowest BCUT2D eigenvalue weighted by molar-refractivity contribution is 0.104. The fourth-order valence-corrected chi connectivity index (χ4v) is 2.03. The van der Waals surface area contributed by atoms with E-state index in [-0.39, 0.29) is 5.78 Å². The van der Waals surface area contributed by atoms with E-state index in [0.717, 1.165) is 5.16 Å². The summed E-state index contributed by atoms with van der Waals surface area (Å²) in [6, 6.07) is 7.05. The van der Waals surface area contributed by atoms with Crippen LogP contribution in [0.1, 0.15) is 10.4 Å². The number of rotatable bonds is 5. The van der Waals surface area contributed by atoms with Crippen molar-refractivity contribution in [2.75, 3.05) is 7.11 Å². The predicted molar refractivity (Wildman–Crippen MR) is 73.3 cm³/mol. The molecule has 0 bridgehead atoms. The second kappa shape index (κ2) is 6.19. The smallest absolute Gasteiger partial charge is 0.194 e. The molecule has 19 heavy (non-hydrogen) atoms. The van der Waals surface area contributed by atoms with Gasteiger partial charge in [-0.15, -0.1) is 10.2 Å². The van der Waals surface area contributed by atoms with Crippen LogP contribution in [0.4, 0.5) is 0 Å². The summed E-state index contributed by atoms with van der Waals surface area (Å²) in [7, 11) is 3.42. The molecule has 0 saturated carbocycles. The number of benzene rings is 1. The van der Waals surface area contributed by atoms with Crippen LogP contribution in [0, 0.1) is 0 Å². The highest BCUT2D eigenvalue weighted by Gasteiger charge is 2.03. The molecule has 0 atom stereocenters. The van der Waals surface area contributed by atoms with Crippen LogP contribution < -0.4 is 4.74 Å². The maximum Gasteiger partial charge on any atom is 0.194 e. The molecule has 0 saturated heterocycles. The Morgan fingerprint density at radius 1 is 1.47 bits per heavy atom. The summed E-state index contributed by atoms with van der Waals surface area (Å²) in [6.07, 6.45) is 3.12. The number of nitrogens with zero attached hydrogens (tertiary/aromatic N) is 3. The summed E-state index contributed by atoms with van der Waals surface area (Å²) in [6.45, 7) is 0. The van der Waals surface area contributed by atoms with Gasteiger partial charge in [-0.2, -0.15) is 0 Å². The quantitative estimate of drug-likeness (QED) is 0.476. The molecule has 5 nitrogen and oxygen atoms in total. The normalized spacial score (nSPS) is 10.8. The monoisotopic (exact) mass is 275 g/mol. The van der Waals surface area contributed by atoms with E-state index in [9.17, 15) is 4.79 Å². The van der Waals surface area contributed by atoms with Crippen molar-refractivity contribution >= 4 is 17.5 Å². The number of aryl methyl sites for hydroxylation is 1. The number of ketones is 1. The van der Waals surface area contributed by atoms with E-state index in [4.69, 9.17) is 4.74 Å². The first-order valence-electron chi connectivity index (χ1n) is 5.56. The summed E-state index contributed by atoms with van der Waals surface area (Å²) < 4.78 is 6.86. The molecule has 1 aromatic heterocycles. The molecular weight excluding hydrogens is 262 g/mol. The Kier molecular flexibility index (Phi) is 4.35. The fourth-order valence-electron chi connectivity index (χ4n) is 1.41. The highest BCUT2D eigenvalue weighted by atomic mass is 32.2. The van der Waals surface area contributed by atoms with Crippen molar-refractivity contribution in [3.05, 3.63) is 47.6 Å². The molecule has 0 spiro atoms. The zero-order valence-corrected chi connectivity index (χ0v) is 11.4. The van der Waals surface area contributed by atoms with Crippen molar-refractivity contribution in [1.29, 1.82) is 0 Å². The lowest BCUT2D eigenvalue weighted by Crippen LogP contribution is -1.94. The first kappa shape index (κ1) is 13.4. The van der Waals surface area contributed by atoms with Crippen LogP contribution in [-0.2, 0) is 7.05 Å². The van der Waals surface area contributed by atoms with Crippen LogP contribution in [0.5, 0.6) is 5.75 Å². The Hall–Kier alpha value is -2.08. The van der Waals surface area contributed by atoms with Gasteiger partial charge in [0.15, 0.2) is 10.9 Å². The van der Waals surface area contributed by atoms with E-state index in [0.29, 0.717) is 11.3 Å². The summed E-state index contributed by atoms with van der Waals surface area (Å²) in [5, 5.41) is 10.1. The molecule has 1 heterocycles. The lowest BCUT2D eigenvalue weighted by atomic mass is 10.1. The molecule has 98 valence electrons. The second-order valence-electron chi connectivity index (χ2n) is 3.74. The zero-order chi connectivity index (χ0) is 13.7. The number of aromatic nitrogens is 3. The van der Waals surface area contributed by atoms with Crippen molar-refractivity contribution < 1.29 is 9.53 Å². The van der Waals surface area contributed by atoms with Gasteiger partial charge in [0, 0.05) is 12.6 Å². The van der Waals surface area contributed by atoms with Crippen molar-refractivity contribution in [2.24, 2.45) is 7.05 Å². The standard InChI is InChI=1S/C13H13N3O2S/c1-16-9-14-15-13(16)19-7-6-12(17)10-4-3-5-11(8-10)18-2/h3-9H,1-2H3/b7-6+. The van der Waals surface area contributed by atoms with Crippen molar-refractivity contribution in [3.8, 4) is 5.75 Å². The Morgan fingerprint density at radius 3 is 3.00 bits per heavy atom. The molecule has 1 aromatic carbocycles. The molecule has 2 aromatic rings. The van der Waals surface area contributed by atoms with E-state index in [1.165, 1.54) is 17.8 Å². The highest BCUT2D eigenvalue weighted by Crippen LogP contribution is 2.17. The maximum absolute atomic E-state index is 11.9. The lowest BCUT2D eigenvalue weighted by Gasteiger charge is -2.00. The van der Waals surface area contributed by atoms with Crippen molar-refractivity contribution in [2.45, 2.75) is 5.16 Å². The van der Waals surface area contributed by atoms with Gasteiger partial charge in [0.1, 0.15) is 12.1 Å². The number of carbonyl (C=O) groups excluding carboxylic acids is 1. The van der Waals surface area contributed by atoms with E-state index in [1.807, 2.05) is 7.05 Å². The number of allylic oxidation sites excluding steroid dienone is 1. The SMILES string of the molecule is COc1cccc(C(=O)/C=C/Sc2nncn2C)c1. The van der Waals surface area contributed by atoms with Crippen LogP contribution in [0.3, 0.4) is 0 Å². The van der Waals surface area contributed by atoms with E-state index in [1.54, 1.807) is 47.7 Å². The molecule has 6 heteroatoms. The van der Waals surface area contributed by atoms with Crippen LogP contribution in [0.2, 0.25) is 0 Å². The predicted octanol–water partition coefficient (Wildman–Crippen LogP) is 2.31. The molecule has 0 radical (unpaired) electrons. The average Bonchev–Trinajstić information content (AvgIpc) is 2.84. The van der Waals surface area contributed by atoms with Gasteiger partial charge >= 0.3 is 0 Å². The minimum atomic E-state index is -0.0754. The van der Waals surface area contributed by atoms with Gasteiger partial charge in [-0.3, -0.25) is 4.79 Å². The topological polar surface area (TPSA) is 57.0 Å². The van der Waals surface area contributed by atoms with Gasteiger partial charge in [-0.05, 0) is 23.6 Å². The first-order chi connectivity index (χ1) is 9.20. The second-order valence-corrected chi connectivity index (χ2v) is 4.61. The summed E-state index contributed by atoms with van der Waals surface area (Å²) >= 11 is 1.34. The molecular formula is C13H13N3O2S. The van der Waals surface area contributed by atoms with E-state index < -0.39 is 0 Å². The van der Waals surface area contributed by atoms with Crippen LogP contribution >= 0.6 is 11.8 Å². The number of carbonyl (C=O) groups is 1. The fraction of sp³-hybridized carbons (Fsp3) is 0.154. The third kappa shape index (κ3) is 3.45. The Bertz CT molecular complexity index is 607. The summed E-state index contributed by atoms with van der Waals surface area (Å²) in [5.74, 6) is 0.591. The van der Waals surface area contributed by atoms with Crippen LogP contribution in [0.25, 0.3) is 0 Å². The molecule has 2 rings (SSSR count). The number of thioether (sulfide) groups is 1. The molecule has 0 N–H and O–H groups in total. The van der Waals surface area contributed by atoms with E-state index >= 15 is 0 Å². The van der Waals surface area contributed by atoms with Gasteiger partial charge in [0.05, 0.1) is 7.11 Å². The van der Waals surface area contributed by atoms with Gasteiger partial charge in [-0.25, -0.2) is 0 Å². The van der Waals surface area contributed by atoms with Gasteiger partial charge in [0.25, 0.3) is 0 Å². The molecule has 0 aliphatic heterocycles. The largest absolute Gasteiger partial charge is 0.497 e. The van der Waals surface area contributed by atoms with Crippen molar-refractivity contribution in [1.82, 2.24) is 14.8 Å². The Balaban J connectivity index is 2.02. The third-order valence-electron chi connectivity index (χ3n) is 2.42. The van der Waals surface area contributed by atoms with Gasteiger partial charge < -0.3 is 9.30 Å². The van der Waals surface area contributed by atoms with Crippen LogP contribution in [0.15, 0.2) is 47.2 Å².